The minimum absolute atomic E-state index is 0.0125. The van der Waals surface area contributed by atoms with Gasteiger partial charge >= 0.3 is 18.3 Å². The first-order chi connectivity index (χ1) is 21.2. The molecule has 0 aromatic heterocycles. The molecule has 7 rings (SSSR count). The Morgan fingerprint density at radius 3 is 2.20 bits per heavy atom. The van der Waals surface area contributed by atoms with Crippen molar-refractivity contribution >= 4 is 22.6 Å². The van der Waals surface area contributed by atoms with Gasteiger partial charge in [0.1, 0.15) is 25.0 Å². The topological polar surface area (TPSA) is 84.9 Å². The lowest BCUT2D eigenvalue weighted by atomic mass is 9.46. The Labute approximate surface area is 254 Å². The quantitative estimate of drug-likeness (QED) is 0.238. The van der Waals surface area contributed by atoms with Crippen molar-refractivity contribution in [1.82, 2.24) is 5.32 Å². The number of amides is 1. The molecule has 4 fully saturated rings. The van der Waals surface area contributed by atoms with E-state index in [9.17, 15) is 41.0 Å². The summed E-state index contributed by atoms with van der Waals surface area (Å²) in [5, 5.41) is 14.3. The second-order valence-electron chi connectivity index (χ2n) is 12.8. The number of nitrogens with one attached hydrogen (secondary N) is 1. The summed E-state index contributed by atoms with van der Waals surface area (Å²) in [6.45, 7) is -1.58. The Kier molecular flexibility index (Phi) is 7.78. The van der Waals surface area contributed by atoms with Crippen LogP contribution >= 0.6 is 0 Å². The van der Waals surface area contributed by atoms with Crippen molar-refractivity contribution in [2.24, 2.45) is 17.3 Å². The van der Waals surface area contributed by atoms with Gasteiger partial charge in [0.2, 0.25) is 0 Å². The largest absolute Gasteiger partial charge is 0.487 e. The molecule has 4 aliphatic carbocycles. The molecule has 12 heteroatoms. The summed E-state index contributed by atoms with van der Waals surface area (Å²) in [4.78, 5) is 26.6. The van der Waals surface area contributed by atoms with Gasteiger partial charge in [-0.3, -0.25) is 4.79 Å². The number of ether oxygens (including phenoxy) is 2. The number of halogens is 6. The molecule has 6 nitrogen and oxygen atoms in total. The number of fused-ring (bicyclic) bond motifs is 1. The Morgan fingerprint density at radius 2 is 1.58 bits per heavy atom. The zero-order chi connectivity index (χ0) is 32.2. The van der Waals surface area contributed by atoms with Crippen LogP contribution in [0.5, 0.6) is 5.75 Å². The summed E-state index contributed by atoms with van der Waals surface area (Å²) in [6.07, 6.45) is -6.39. The van der Waals surface area contributed by atoms with E-state index in [1.165, 1.54) is 18.2 Å². The molecule has 0 radical (unpaired) electrons. The summed E-state index contributed by atoms with van der Waals surface area (Å²) < 4.78 is 90.0. The summed E-state index contributed by atoms with van der Waals surface area (Å²) in [5.74, 6) is -1.92. The first-order valence-corrected chi connectivity index (χ1v) is 14.7. The average molecular weight is 636 g/mol. The van der Waals surface area contributed by atoms with E-state index in [-0.39, 0.29) is 36.2 Å². The fourth-order valence-corrected chi connectivity index (χ4v) is 8.20. The van der Waals surface area contributed by atoms with Crippen LogP contribution in [0.25, 0.3) is 10.8 Å². The Bertz CT molecular complexity index is 1590. The molecule has 2 unspecified atom stereocenters. The van der Waals surface area contributed by atoms with E-state index in [0.717, 1.165) is 23.9 Å². The smallest absolute Gasteiger partial charge is 0.416 e. The van der Waals surface area contributed by atoms with Gasteiger partial charge in [-0.2, -0.15) is 26.3 Å². The van der Waals surface area contributed by atoms with Crippen molar-refractivity contribution in [3.05, 3.63) is 77.4 Å². The van der Waals surface area contributed by atoms with Crippen molar-refractivity contribution in [2.75, 3.05) is 6.61 Å². The van der Waals surface area contributed by atoms with Crippen LogP contribution in [0.15, 0.2) is 60.7 Å². The van der Waals surface area contributed by atoms with Crippen LogP contribution in [-0.4, -0.2) is 41.4 Å². The van der Waals surface area contributed by atoms with Gasteiger partial charge < -0.3 is 19.9 Å². The highest BCUT2D eigenvalue weighted by Gasteiger charge is 2.63. The molecule has 240 valence electrons. The van der Waals surface area contributed by atoms with Crippen molar-refractivity contribution in [1.29, 1.82) is 0 Å². The number of carbonyl (C=O) groups is 2. The molecule has 3 aromatic carbocycles. The predicted octanol–water partition coefficient (Wildman–Crippen LogP) is 7.54. The van der Waals surface area contributed by atoms with E-state index in [4.69, 9.17) is 9.47 Å². The predicted molar refractivity (Wildman–Crippen MR) is 150 cm³/mol. The van der Waals surface area contributed by atoms with Crippen molar-refractivity contribution in [3.8, 4) is 5.75 Å². The monoisotopic (exact) mass is 635 g/mol. The van der Waals surface area contributed by atoms with Crippen LogP contribution in [0, 0.1) is 17.3 Å². The van der Waals surface area contributed by atoms with E-state index in [2.05, 4.69) is 5.32 Å². The fourth-order valence-electron chi connectivity index (χ4n) is 8.20. The van der Waals surface area contributed by atoms with Gasteiger partial charge in [-0.1, -0.05) is 42.5 Å². The van der Waals surface area contributed by atoms with Crippen LogP contribution in [-0.2, 0) is 22.3 Å². The number of carbonyl (C=O) groups excluding carboxylic acids is 1. The molecule has 5 atom stereocenters. The zero-order valence-corrected chi connectivity index (χ0v) is 24.0. The lowest BCUT2D eigenvalue weighted by molar-refractivity contribution is -0.252. The van der Waals surface area contributed by atoms with Crippen LogP contribution in [0.1, 0.15) is 60.0 Å². The molecule has 0 saturated heterocycles. The molecule has 2 N–H and O–H groups in total. The minimum Gasteiger partial charge on any atom is -0.487 e. The number of hydrogen-bond donors (Lipinski definition) is 2. The second kappa shape index (κ2) is 11.2. The zero-order valence-electron chi connectivity index (χ0n) is 24.0. The highest BCUT2D eigenvalue weighted by molar-refractivity contribution is 6.05. The standard InChI is InChI=1S/C33H31F6NO5/c34-32(35,36)18-45-31-14-20-11-21(15-31)13-30(12-20,17-31)27(29(42)43)40-28(41)25-10-7-22-3-1-2-4-24(22)26(25)44-16-19-5-8-23(9-6-19)33(37,38)39/h1-10,20-21,27H,11-18H2,(H,40,41)(H,42,43)/t20-,21+,27-,30?,31?/m1/s1. The number of rotatable bonds is 9. The first kappa shape index (κ1) is 31.2. The van der Waals surface area contributed by atoms with Crippen molar-refractivity contribution in [2.45, 2.75) is 69.1 Å². The number of carboxylic acid groups (broad SMARTS) is 1. The van der Waals surface area contributed by atoms with E-state index in [1.54, 1.807) is 30.3 Å². The van der Waals surface area contributed by atoms with Crippen LogP contribution in [0.4, 0.5) is 26.3 Å². The first-order valence-electron chi connectivity index (χ1n) is 14.7. The normalized spacial score (nSPS) is 26.5. The third-order valence-electron chi connectivity index (χ3n) is 9.52. The molecule has 4 aliphatic rings. The maximum absolute atomic E-state index is 13.9. The minimum atomic E-state index is -4.52. The number of benzene rings is 3. The molecule has 4 bridgehead atoms. The fraction of sp³-hybridized carbons (Fsp3) is 0.455. The lowest BCUT2D eigenvalue weighted by Crippen LogP contribution is -2.65. The molecule has 45 heavy (non-hydrogen) atoms. The Morgan fingerprint density at radius 1 is 0.911 bits per heavy atom. The molecule has 3 aromatic rings. The van der Waals surface area contributed by atoms with Crippen LogP contribution < -0.4 is 10.1 Å². The second-order valence-corrected chi connectivity index (χ2v) is 12.8. The SMILES string of the molecule is O=C(N[C@H](C(=O)O)C12C[C@@H]3C[C@@H](CC(OCC(F)(F)F)(C3)C1)C2)c1ccc2ccccc2c1OCc1ccc(C(F)(F)F)cc1. The average Bonchev–Trinajstić information content (AvgIpc) is 2.96. The molecule has 0 heterocycles. The molecular formula is C33H31F6NO5. The third kappa shape index (κ3) is 6.34. The van der Waals surface area contributed by atoms with Crippen LogP contribution in [0.2, 0.25) is 0 Å². The van der Waals surface area contributed by atoms with E-state index in [0.29, 0.717) is 36.6 Å². The van der Waals surface area contributed by atoms with Crippen LogP contribution in [0.3, 0.4) is 0 Å². The summed E-state index contributed by atoms with van der Waals surface area (Å²) in [7, 11) is 0. The van der Waals surface area contributed by atoms with E-state index < -0.39 is 53.5 Å². The number of alkyl halides is 6. The van der Waals surface area contributed by atoms with Gasteiger partial charge in [0.05, 0.1) is 16.7 Å². The van der Waals surface area contributed by atoms with Crippen molar-refractivity contribution < 1.29 is 50.5 Å². The van der Waals surface area contributed by atoms with Gasteiger partial charge in [-0.25, -0.2) is 4.79 Å². The maximum atomic E-state index is 13.9. The molecule has 1 amide bonds. The molecule has 0 aliphatic heterocycles. The summed E-state index contributed by atoms with van der Waals surface area (Å²) >= 11 is 0. The van der Waals surface area contributed by atoms with Gasteiger partial charge in [0, 0.05) is 10.8 Å². The highest BCUT2D eigenvalue weighted by atomic mass is 19.4. The maximum Gasteiger partial charge on any atom is 0.416 e. The number of aliphatic carboxylic acids is 1. The Hall–Kier alpha value is -3.80. The summed E-state index contributed by atoms with van der Waals surface area (Å²) in [6, 6.07) is 13.2. The molecule has 0 spiro atoms. The van der Waals surface area contributed by atoms with E-state index in [1.807, 2.05) is 0 Å². The van der Waals surface area contributed by atoms with Gasteiger partial charge in [-0.15, -0.1) is 0 Å². The lowest BCUT2D eigenvalue weighted by Gasteiger charge is -2.63. The van der Waals surface area contributed by atoms with Gasteiger partial charge in [0.15, 0.2) is 0 Å². The number of carboxylic acids is 1. The summed E-state index contributed by atoms with van der Waals surface area (Å²) in [5.41, 5.74) is -2.46. The molecular weight excluding hydrogens is 604 g/mol. The van der Waals surface area contributed by atoms with Gasteiger partial charge in [-0.05, 0) is 79.5 Å². The van der Waals surface area contributed by atoms with Crippen molar-refractivity contribution in [3.63, 3.8) is 0 Å². The van der Waals surface area contributed by atoms with E-state index >= 15 is 0 Å². The Balaban J connectivity index is 1.28. The third-order valence-corrected chi connectivity index (χ3v) is 9.52. The highest BCUT2D eigenvalue weighted by Crippen LogP contribution is 2.64. The number of hydrogen-bond acceptors (Lipinski definition) is 4. The van der Waals surface area contributed by atoms with Gasteiger partial charge in [0.25, 0.3) is 5.91 Å². The molecule has 4 saturated carbocycles.